The van der Waals surface area contributed by atoms with Crippen LogP contribution in [-0.4, -0.2) is 36.2 Å². The first-order chi connectivity index (χ1) is 8.17. The Morgan fingerprint density at radius 1 is 1.18 bits per heavy atom. The summed E-state index contributed by atoms with van der Waals surface area (Å²) in [6.45, 7) is 8.55. The van der Waals surface area contributed by atoms with Crippen molar-refractivity contribution in [2.24, 2.45) is 17.3 Å². The van der Waals surface area contributed by atoms with Gasteiger partial charge in [0.05, 0.1) is 0 Å². The number of aliphatic hydroxyl groups excluding tert-OH is 1. The highest BCUT2D eigenvalue weighted by Crippen LogP contribution is 2.40. The summed E-state index contributed by atoms with van der Waals surface area (Å²) in [5.41, 5.74) is 0.220. The van der Waals surface area contributed by atoms with Gasteiger partial charge < -0.3 is 10.0 Å². The Balaban J connectivity index is 1.87. The minimum absolute atomic E-state index is 0.220. The zero-order chi connectivity index (χ0) is 12.3. The quantitative estimate of drug-likeness (QED) is 0.770. The van der Waals surface area contributed by atoms with Crippen LogP contribution in [0.2, 0.25) is 0 Å². The van der Waals surface area contributed by atoms with Gasteiger partial charge in [0, 0.05) is 25.1 Å². The van der Waals surface area contributed by atoms with Crippen LogP contribution in [0.25, 0.3) is 0 Å². The lowest BCUT2D eigenvalue weighted by molar-refractivity contribution is 0.0294. The van der Waals surface area contributed by atoms with E-state index in [0.29, 0.717) is 6.61 Å². The third-order valence-electron chi connectivity index (χ3n) is 4.89. The fourth-order valence-electron chi connectivity index (χ4n) is 3.19. The van der Waals surface area contributed by atoms with Crippen molar-refractivity contribution in [1.29, 1.82) is 0 Å². The predicted molar refractivity (Wildman–Crippen MR) is 72.0 cm³/mol. The lowest BCUT2D eigenvalue weighted by Crippen LogP contribution is -2.43. The van der Waals surface area contributed by atoms with Crippen LogP contribution in [0.1, 0.15) is 52.4 Å². The number of aliphatic hydroxyl groups is 1. The Hall–Kier alpha value is -0.0800. The molecule has 0 atom stereocenters. The van der Waals surface area contributed by atoms with Gasteiger partial charge in [0.1, 0.15) is 0 Å². The molecule has 100 valence electrons. The van der Waals surface area contributed by atoms with E-state index in [9.17, 15) is 5.11 Å². The maximum absolute atomic E-state index is 9.80. The summed E-state index contributed by atoms with van der Waals surface area (Å²) in [5.74, 6) is 1.83. The zero-order valence-electron chi connectivity index (χ0n) is 11.6. The summed E-state index contributed by atoms with van der Waals surface area (Å²) in [5, 5.41) is 9.80. The predicted octanol–water partition coefficient (Wildman–Crippen LogP) is 2.91. The van der Waals surface area contributed by atoms with Crippen LogP contribution in [-0.2, 0) is 0 Å². The fourth-order valence-corrected chi connectivity index (χ4v) is 3.19. The average Bonchev–Trinajstić information content (AvgIpc) is 3.15. The van der Waals surface area contributed by atoms with E-state index in [2.05, 4.69) is 18.7 Å². The van der Waals surface area contributed by atoms with E-state index in [1.54, 1.807) is 0 Å². The molecular formula is C15H29NO. The van der Waals surface area contributed by atoms with Gasteiger partial charge in [0.2, 0.25) is 0 Å². The maximum atomic E-state index is 9.80. The van der Waals surface area contributed by atoms with Gasteiger partial charge >= 0.3 is 0 Å². The molecule has 0 heterocycles. The van der Waals surface area contributed by atoms with Crippen molar-refractivity contribution in [1.82, 2.24) is 4.90 Å². The summed E-state index contributed by atoms with van der Waals surface area (Å²) in [6.07, 6.45) is 7.93. The number of hydrogen-bond donors (Lipinski definition) is 1. The van der Waals surface area contributed by atoms with Gasteiger partial charge in [-0.2, -0.15) is 0 Å². The molecule has 2 aliphatic carbocycles. The molecule has 0 spiro atoms. The van der Waals surface area contributed by atoms with Gasteiger partial charge in [0.25, 0.3) is 0 Å². The monoisotopic (exact) mass is 239 g/mol. The molecule has 0 aliphatic heterocycles. The molecule has 2 saturated carbocycles. The summed E-state index contributed by atoms with van der Waals surface area (Å²) in [6, 6.07) is 0. The lowest BCUT2D eigenvalue weighted by Gasteiger charge is -2.41. The molecule has 0 aromatic heterocycles. The lowest BCUT2D eigenvalue weighted by atomic mass is 9.71. The number of rotatable bonds is 6. The van der Waals surface area contributed by atoms with Gasteiger partial charge in [-0.15, -0.1) is 0 Å². The topological polar surface area (TPSA) is 23.5 Å². The zero-order valence-corrected chi connectivity index (χ0v) is 11.6. The molecule has 2 fully saturated rings. The highest BCUT2D eigenvalue weighted by molar-refractivity contribution is 4.88. The SMILES string of the molecule is CCN(CC1CC1)CC1(CO)CCC(C)CC1. The molecule has 0 saturated heterocycles. The molecule has 2 nitrogen and oxygen atoms in total. The molecule has 0 bridgehead atoms. The van der Waals surface area contributed by atoms with Crippen LogP contribution in [0.15, 0.2) is 0 Å². The molecule has 2 rings (SSSR count). The normalized spacial score (nSPS) is 34.2. The van der Waals surface area contributed by atoms with Crippen LogP contribution < -0.4 is 0 Å². The van der Waals surface area contributed by atoms with Gasteiger partial charge in [-0.1, -0.05) is 26.7 Å². The van der Waals surface area contributed by atoms with Crippen molar-refractivity contribution in [2.45, 2.75) is 52.4 Å². The molecule has 1 N–H and O–H groups in total. The van der Waals surface area contributed by atoms with Crippen molar-refractivity contribution in [3.8, 4) is 0 Å². The molecule has 0 radical (unpaired) electrons. The van der Waals surface area contributed by atoms with E-state index in [1.807, 2.05) is 0 Å². The largest absolute Gasteiger partial charge is 0.396 e. The average molecular weight is 239 g/mol. The van der Waals surface area contributed by atoms with E-state index in [-0.39, 0.29) is 5.41 Å². The minimum Gasteiger partial charge on any atom is -0.396 e. The second kappa shape index (κ2) is 5.71. The van der Waals surface area contributed by atoms with Gasteiger partial charge in [-0.25, -0.2) is 0 Å². The van der Waals surface area contributed by atoms with Crippen molar-refractivity contribution >= 4 is 0 Å². The van der Waals surface area contributed by atoms with Crippen molar-refractivity contribution in [3.63, 3.8) is 0 Å². The summed E-state index contributed by atoms with van der Waals surface area (Å²) in [4.78, 5) is 2.59. The van der Waals surface area contributed by atoms with E-state index in [4.69, 9.17) is 0 Å². The molecule has 0 aromatic rings. The summed E-state index contributed by atoms with van der Waals surface area (Å²) < 4.78 is 0. The van der Waals surface area contributed by atoms with E-state index >= 15 is 0 Å². The van der Waals surface area contributed by atoms with E-state index in [1.165, 1.54) is 45.1 Å². The standard InChI is InChI=1S/C15H29NO/c1-3-16(10-14-4-5-14)11-15(12-17)8-6-13(2)7-9-15/h13-14,17H,3-12H2,1-2H3. The second-order valence-electron chi connectivity index (χ2n) is 6.61. The molecular weight excluding hydrogens is 210 g/mol. The molecule has 2 aliphatic rings. The van der Waals surface area contributed by atoms with Crippen LogP contribution >= 0.6 is 0 Å². The summed E-state index contributed by atoms with van der Waals surface area (Å²) >= 11 is 0. The van der Waals surface area contributed by atoms with Crippen molar-refractivity contribution in [2.75, 3.05) is 26.2 Å². The first-order valence-corrected chi connectivity index (χ1v) is 7.50. The van der Waals surface area contributed by atoms with E-state index in [0.717, 1.165) is 24.9 Å². The number of hydrogen-bond acceptors (Lipinski definition) is 2. The van der Waals surface area contributed by atoms with E-state index < -0.39 is 0 Å². The second-order valence-corrected chi connectivity index (χ2v) is 6.61. The number of nitrogens with zero attached hydrogens (tertiary/aromatic N) is 1. The third-order valence-corrected chi connectivity index (χ3v) is 4.89. The Kier molecular flexibility index (Phi) is 4.48. The van der Waals surface area contributed by atoms with Gasteiger partial charge in [0.15, 0.2) is 0 Å². The van der Waals surface area contributed by atoms with Crippen LogP contribution in [0.4, 0.5) is 0 Å². The molecule has 0 amide bonds. The Bertz CT molecular complexity index is 229. The third kappa shape index (κ3) is 3.69. The minimum atomic E-state index is 0.220. The van der Waals surface area contributed by atoms with Gasteiger partial charge in [-0.05, 0) is 44.1 Å². The Morgan fingerprint density at radius 3 is 2.29 bits per heavy atom. The first-order valence-electron chi connectivity index (χ1n) is 7.50. The highest BCUT2D eigenvalue weighted by Gasteiger charge is 2.36. The molecule has 0 aromatic carbocycles. The fraction of sp³-hybridized carbons (Fsp3) is 1.00. The Morgan fingerprint density at radius 2 is 1.82 bits per heavy atom. The van der Waals surface area contributed by atoms with Crippen LogP contribution in [0.5, 0.6) is 0 Å². The van der Waals surface area contributed by atoms with Crippen molar-refractivity contribution < 1.29 is 5.11 Å². The smallest absolute Gasteiger partial charge is 0.0499 e. The first kappa shape index (κ1) is 13.4. The molecule has 0 unspecified atom stereocenters. The summed E-state index contributed by atoms with van der Waals surface area (Å²) in [7, 11) is 0. The van der Waals surface area contributed by atoms with Crippen LogP contribution in [0.3, 0.4) is 0 Å². The van der Waals surface area contributed by atoms with Crippen molar-refractivity contribution in [3.05, 3.63) is 0 Å². The molecule has 2 heteroatoms. The van der Waals surface area contributed by atoms with Crippen LogP contribution in [0, 0.1) is 17.3 Å². The Labute approximate surface area is 106 Å². The van der Waals surface area contributed by atoms with Gasteiger partial charge in [-0.3, -0.25) is 0 Å². The highest BCUT2D eigenvalue weighted by atomic mass is 16.3. The molecule has 17 heavy (non-hydrogen) atoms. The maximum Gasteiger partial charge on any atom is 0.0499 e.